The van der Waals surface area contributed by atoms with Crippen molar-refractivity contribution < 1.29 is 4.39 Å². The first-order chi connectivity index (χ1) is 8.99. The summed E-state index contributed by atoms with van der Waals surface area (Å²) in [4.78, 5) is 4.63. The zero-order valence-electron chi connectivity index (χ0n) is 11.9. The molecule has 0 spiro atoms. The second-order valence-corrected chi connectivity index (χ2v) is 5.39. The van der Waals surface area contributed by atoms with Crippen LogP contribution in [0, 0.1) is 5.82 Å². The van der Waals surface area contributed by atoms with Gasteiger partial charge >= 0.3 is 0 Å². The van der Waals surface area contributed by atoms with E-state index >= 15 is 0 Å². The second kappa shape index (κ2) is 5.29. The van der Waals surface area contributed by atoms with Crippen LogP contribution in [0.15, 0.2) is 18.2 Å². The van der Waals surface area contributed by atoms with Crippen LogP contribution in [0.2, 0.25) is 0 Å². The molecule has 0 saturated heterocycles. The summed E-state index contributed by atoms with van der Waals surface area (Å²) in [6.45, 7) is 7.02. The molecule has 0 aliphatic rings. The molecule has 1 unspecified atom stereocenters. The molecule has 4 heteroatoms. The van der Waals surface area contributed by atoms with Gasteiger partial charge in [0.1, 0.15) is 11.6 Å². The number of aromatic nitrogens is 2. The minimum Gasteiger partial charge on any atom is -0.326 e. The lowest BCUT2D eigenvalue weighted by molar-refractivity contribution is 0.400. The SMILES string of the molecule is CCCn1c(C(C)(N)CCC)nc2ccc(F)cc21. The van der Waals surface area contributed by atoms with E-state index in [1.165, 1.54) is 6.07 Å². The predicted octanol–water partition coefficient (Wildman–Crippen LogP) is 3.56. The van der Waals surface area contributed by atoms with Gasteiger partial charge in [-0.25, -0.2) is 9.37 Å². The fourth-order valence-corrected chi connectivity index (χ4v) is 2.61. The largest absolute Gasteiger partial charge is 0.326 e. The van der Waals surface area contributed by atoms with Gasteiger partial charge in [0.05, 0.1) is 16.6 Å². The van der Waals surface area contributed by atoms with E-state index in [-0.39, 0.29) is 5.82 Å². The van der Waals surface area contributed by atoms with Gasteiger partial charge in [0.2, 0.25) is 0 Å². The third-order valence-electron chi connectivity index (χ3n) is 3.44. The Bertz CT molecular complexity index is 572. The molecule has 1 aromatic heterocycles. The van der Waals surface area contributed by atoms with Gasteiger partial charge in [-0.1, -0.05) is 20.3 Å². The average Bonchev–Trinajstić information content (AvgIpc) is 2.69. The molecule has 0 aliphatic carbocycles. The monoisotopic (exact) mass is 263 g/mol. The van der Waals surface area contributed by atoms with Gasteiger partial charge < -0.3 is 10.3 Å². The fraction of sp³-hybridized carbons (Fsp3) is 0.533. The summed E-state index contributed by atoms with van der Waals surface area (Å²) in [5, 5.41) is 0. The number of hydrogen-bond acceptors (Lipinski definition) is 2. The van der Waals surface area contributed by atoms with Crippen LogP contribution in [0.3, 0.4) is 0 Å². The normalized spacial score (nSPS) is 14.8. The van der Waals surface area contributed by atoms with E-state index in [4.69, 9.17) is 5.73 Å². The maximum absolute atomic E-state index is 13.4. The quantitative estimate of drug-likeness (QED) is 0.896. The number of hydrogen-bond donors (Lipinski definition) is 1. The van der Waals surface area contributed by atoms with Crippen LogP contribution < -0.4 is 5.73 Å². The van der Waals surface area contributed by atoms with Crippen molar-refractivity contribution in [3.63, 3.8) is 0 Å². The van der Waals surface area contributed by atoms with Crippen molar-refractivity contribution >= 4 is 11.0 Å². The smallest absolute Gasteiger partial charge is 0.129 e. The topological polar surface area (TPSA) is 43.8 Å². The van der Waals surface area contributed by atoms with E-state index in [2.05, 4.69) is 23.4 Å². The summed E-state index contributed by atoms with van der Waals surface area (Å²) in [5.74, 6) is 0.627. The molecule has 2 aromatic rings. The molecule has 2 N–H and O–H groups in total. The molecule has 1 heterocycles. The maximum Gasteiger partial charge on any atom is 0.129 e. The minimum absolute atomic E-state index is 0.231. The van der Waals surface area contributed by atoms with Gasteiger partial charge in [-0.05, 0) is 38.0 Å². The summed E-state index contributed by atoms with van der Waals surface area (Å²) in [6, 6.07) is 4.72. The highest BCUT2D eigenvalue weighted by atomic mass is 19.1. The van der Waals surface area contributed by atoms with Crippen molar-refractivity contribution in [1.82, 2.24) is 9.55 Å². The Kier molecular flexibility index (Phi) is 3.90. The van der Waals surface area contributed by atoms with Crippen molar-refractivity contribution in [2.45, 2.75) is 52.1 Å². The lowest BCUT2D eigenvalue weighted by atomic mass is 9.96. The molecule has 0 aliphatic heterocycles. The Morgan fingerprint density at radius 3 is 2.68 bits per heavy atom. The van der Waals surface area contributed by atoms with E-state index in [1.807, 2.05) is 6.92 Å². The van der Waals surface area contributed by atoms with Gasteiger partial charge in [-0.2, -0.15) is 0 Å². The second-order valence-electron chi connectivity index (χ2n) is 5.39. The van der Waals surface area contributed by atoms with Crippen LogP contribution >= 0.6 is 0 Å². The van der Waals surface area contributed by atoms with Crippen LogP contribution in [-0.4, -0.2) is 9.55 Å². The summed E-state index contributed by atoms with van der Waals surface area (Å²) in [5.41, 5.74) is 7.59. The van der Waals surface area contributed by atoms with E-state index in [1.54, 1.807) is 12.1 Å². The molecule has 19 heavy (non-hydrogen) atoms. The van der Waals surface area contributed by atoms with Crippen molar-refractivity contribution in [2.24, 2.45) is 5.73 Å². The lowest BCUT2D eigenvalue weighted by Gasteiger charge is -2.24. The molecule has 3 nitrogen and oxygen atoms in total. The lowest BCUT2D eigenvalue weighted by Crippen LogP contribution is -2.36. The van der Waals surface area contributed by atoms with Gasteiger partial charge in [-0.3, -0.25) is 0 Å². The first-order valence-electron chi connectivity index (χ1n) is 6.94. The highest BCUT2D eigenvalue weighted by molar-refractivity contribution is 5.76. The van der Waals surface area contributed by atoms with Crippen LogP contribution in [0.4, 0.5) is 4.39 Å². The van der Waals surface area contributed by atoms with Crippen LogP contribution in [-0.2, 0) is 12.1 Å². The Balaban J connectivity index is 2.62. The standard InChI is InChI=1S/C15H22FN3/c1-4-8-15(3,17)14-18-12-7-6-11(16)10-13(12)19(14)9-5-2/h6-7,10H,4-5,8-9,17H2,1-3H3. The minimum atomic E-state index is -0.473. The molecular weight excluding hydrogens is 241 g/mol. The molecule has 0 amide bonds. The molecular formula is C15H22FN3. The van der Waals surface area contributed by atoms with E-state index in [9.17, 15) is 4.39 Å². The number of halogens is 1. The summed E-state index contributed by atoms with van der Waals surface area (Å²) in [7, 11) is 0. The third kappa shape index (κ3) is 2.63. The Morgan fingerprint density at radius 2 is 2.05 bits per heavy atom. The molecule has 0 bridgehead atoms. The van der Waals surface area contributed by atoms with Crippen LogP contribution in [0.1, 0.15) is 45.9 Å². The number of rotatable bonds is 5. The van der Waals surface area contributed by atoms with Crippen molar-refractivity contribution in [1.29, 1.82) is 0 Å². The average molecular weight is 263 g/mol. The van der Waals surface area contributed by atoms with Gasteiger partial charge in [0, 0.05) is 6.54 Å². The molecule has 0 fully saturated rings. The van der Waals surface area contributed by atoms with E-state index in [0.29, 0.717) is 0 Å². The zero-order chi connectivity index (χ0) is 14.0. The molecule has 0 saturated carbocycles. The molecule has 1 atom stereocenters. The Morgan fingerprint density at radius 1 is 1.32 bits per heavy atom. The number of fused-ring (bicyclic) bond motifs is 1. The van der Waals surface area contributed by atoms with Crippen molar-refractivity contribution in [2.75, 3.05) is 0 Å². The molecule has 104 valence electrons. The van der Waals surface area contributed by atoms with E-state index < -0.39 is 5.54 Å². The summed E-state index contributed by atoms with van der Waals surface area (Å²) < 4.78 is 15.5. The first kappa shape index (κ1) is 14.0. The molecule has 2 rings (SSSR count). The van der Waals surface area contributed by atoms with Gasteiger partial charge in [0.25, 0.3) is 0 Å². The molecule has 1 aromatic carbocycles. The number of nitrogens with zero attached hydrogens (tertiary/aromatic N) is 2. The predicted molar refractivity (Wildman–Crippen MR) is 76.4 cm³/mol. The number of nitrogens with two attached hydrogens (primary N) is 1. The first-order valence-corrected chi connectivity index (χ1v) is 6.94. The highest BCUT2D eigenvalue weighted by Crippen LogP contribution is 2.27. The van der Waals surface area contributed by atoms with Crippen LogP contribution in [0.25, 0.3) is 11.0 Å². The van der Waals surface area contributed by atoms with Gasteiger partial charge in [-0.15, -0.1) is 0 Å². The Labute approximate surface area is 113 Å². The van der Waals surface area contributed by atoms with E-state index in [0.717, 1.165) is 42.7 Å². The summed E-state index contributed by atoms with van der Waals surface area (Å²) >= 11 is 0. The van der Waals surface area contributed by atoms with Crippen LogP contribution in [0.5, 0.6) is 0 Å². The van der Waals surface area contributed by atoms with Gasteiger partial charge in [0.15, 0.2) is 0 Å². The highest BCUT2D eigenvalue weighted by Gasteiger charge is 2.27. The number of aryl methyl sites for hydroxylation is 1. The number of imidazole rings is 1. The molecule has 0 radical (unpaired) electrons. The van der Waals surface area contributed by atoms with Crippen molar-refractivity contribution in [3.8, 4) is 0 Å². The maximum atomic E-state index is 13.4. The summed E-state index contributed by atoms with van der Waals surface area (Å²) in [6.07, 6.45) is 2.83. The fourth-order valence-electron chi connectivity index (χ4n) is 2.61. The number of benzene rings is 1. The zero-order valence-corrected chi connectivity index (χ0v) is 11.9. The third-order valence-corrected chi connectivity index (χ3v) is 3.44. The van der Waals surface area contributed by atoms with Crippen molar-refractivity contribution in [3.05, 3.63) is 29.8 Å². The Hall–Kier alpha value is -1.42.